The zero-order chi connectivity index (χ0) is 30.1. The average Bonchev–Trinajstić information content (AvgIpc) is 2.78. The second-order valence-electron chi connectivity index (χ2n) is 14.1. The number of thioether (sulfide) groups is 2. The maximum absolute atomic E-state index is 13.0. The lowest BCUT2D eigenvalue weighted by Crippen LogP contribution is -2.47. The summed E-state index contributed by atoms with van der Waals surface area (Å²) in [5.41, 5.74) is -1.62. The first-order chi connectivity index (χ1) is 17.8. The van der Waals surface area contributed by atoms with Crippen molar-refractivity contribution in [3.8, 4) is 0 Å². The van der Waals surface area contributed by atoms with Crippen LogP contribution in [0.4, 0.5) is 0 Å². The smallest absolute Gasteiger partial charge is 0.226 e. The molecule has 1 amide bonds. The fraction of sp³-hybridized carbons (Fsp3) is 0.867. The molecule has 2 N–H and O–H groups in total. The van der Waals surface area contributed by atoms with Crippen molar-refractivity contribution >= 4 is 47.8 Å². The lowest BCUT2D eigenvalue weighted by atomic mass is 9.86. The van der Waals surface area contributed by atoms with Crippen molar-refractivity contribution in [1.29, 1.82) is 0 Å². The molecule has 0 aromatic heterocycles. The topological polar surface area (TPSA) is 102 Å². The van der Waals surface area contributed by atoms with Crippen LogP contribution in [-0.2, 0) is 23.9 Å². The van der Waals surface area contributed by atoms with Crippen LogP contribution in [0, 0.1) is 10.8 Å². The van der Waals surface area contributed by atoms with Gasteiger partial charge in [-0.05, 0) is 60.3 Å². The van der Waals surface area contributed by atoms with Crippen molar-refractivity contribution in [2.75, 3.05) is 18.1 Å². The van der Waals surface area contributed by atoms with E-state index >= 15 is 0 Å². The quantitative estimate of drug-likeness (QED) is 0.211. The van der Waals surface area contributed by atoms with Crippen LogP contribution in [-0.4, -0.2) is 76.1 Å². The number of ketones is 1. The van der Waals surface area contributed by atoms with E-state index in [4.69, 9.17) is 4.74 Å². The molecule has 1 aliphatic carbocycles. The minimum atomic E-state index is -0.692. The minimum Gasteiger partial charge on any atom is -0.376 e. The van der Waals surface area contributed by atoms with E-state index in [9.17, 15) is 19.2 Å². The molecule has 0 radical (unpaired) electrons. The number of ether oxygens (including phenoxy) is 1. The maximum Gasteiger partial charge on any atom is 0.226 e. The average molecular weight is 587 g/mol. The van der Waals surface area contributed by atoms with E-state index in [0.29, 0.717) is 42.1 Å². The Morgan fingerprint density at radius 2 is 1.36 bits per heavy atom. The summed E-state index contributed by atoms with van der Waals surface area (Å²) in [4.78, 5) is 48.5. The first-order valence-electron chi connectivity index (χ1n) is 14.2. The molecule has 0 spiro atoms. The first-order valence-corrected chi connectivity index (χ1v) is 16.3. The highest BCUT2D eigenvalue weighted by atomic mass is 32.2. The molecule has 0 aromatic rings. The number of hydrogen-bond acceptors (Lipinski definition) is 8. The van der Waals surface area contributed by atoms with Gasteiger partial charge >= 0.3 is 0 Å². The summed E-state index contributed by atoms with van der Waals surface area (Å²) >= 11 is 3.55. The number of nitrogens with one attached hydrogen (secondary N) is 2. The first kappa shape index (κ1) is 36.1. The molecule has 39 heavy (non-hydrogen) atoms. The second kappa shape index (κ2) is 15.4. The molecule has 1 saturated carbocycles. The van der Waals surface area contributed by atoms with Crippen LogP contribution in [0.25, 0.3) is 0 Å². The number of amides is 1. The summed E-state index contributed by atoms with van der Waals surface area (Å²) in [6, 6.07) is -0.717. The van der Waals surface area contributed by atoms with Gasteiger partial charge in [-0.25, -0.2) is 0 Å². The number of carbonyl (C=O) groups is 4. The SMILES string of the molecule is CC(C)(C)NC(C=O)CSC1CCC1SCC(C=O)NC(=O)C(C)(C)CCOC(C)(C)CCC(=O)C(C)(C)C. The van der Waals surface area contributed by atoms with Gasteiger partial charge in [0.2, 0.25) is 5.91 Å². The second-order valence-corrected chi connectivity index (χ2v) is 16.6. The molecule has 0 heterocycles. The van der Waals surface area contributed by atoms with Crippen LogP contribution >= 0.6 is 23.5 Å². The summed E-state index contributed by atoms with van der Waals surface area (Å²) in [5.74, 6) is 1.32. The monoisotopic (exact) mass is 586 g/mol. The summed E-state index contributed by atoms with van der Waals surface area (Å²) in [5, 5.41) is 7.15. The van der Waals surface area contributed by atoms with Gasteiger partial charge in [0, 0.05) is 51.4 Å². The third-order valence-corrected chi connectivity index (χ3v) is 10.3. The number of carbonyl (C=O) groups excluding carboxylic acids is 4. The zero-order valence-corrected chi connectivity index (χ0v) is 27.6. The normalized spacial score (nSPS) is 20.1. The Balaban J connectivity index is 2.46. The summed E-state index contributed by atoms with van der Waals surface area (Å²) < 4.78 is 6.06. The van der Waals surface area contributed by atoms with Crippen molar-refractivity contribution < 1.29 is 23.9 Å². The van der Waals surface area contributed by atoms with Gasteiger partial charge < -0.3 is 25.0 Å². The number of hydrogen-bond donors (Lipinski definition) is 2. The van der Waals surface area contributed by atoms with E-state index in [-0.39, 0.29) is 28.7 Å². The third kappa shape index (κ3) is 14.0. The van der Waals surface area contributed by atoms with E-state index in [1.165, 1.54) is 0 Å². The predicted octanol–water partition coefficient (Wildman–Crippen LogP) is 5.23. The van der Waals surface area contributed by atoms with Gasteiger partial charge in [0.1, 0.15) is 18.4 Å². The molecule has 1 fully saturated rings. The Hall–Kier alpha value is -0.900. The molecule has 4 unspecified atom stereocenters. The van der Waals surface area contributed by atoms with Crippen LogP contribution in [0.15, 0.2) is 0 Å². The number of Topliss-reactive ketones (excluding diaryl/α,β-unsaturated/α-hetero) is 1. The van der Waals surface area contributed by atoms with Gasteiger partial charge in [-0.1, -0.05) is 34.6 Å². The van der Waals surface area contributed by atoms with Crippen LogP contribution in [0.1, 0.15) is 101 Å². The number of rotatable bonds is 18. The Morgan fingerprint density at radius 3 is 1.79 bits per heavy atom. The van der Waals surface area contributed by atoms with E-state index < -0.39 is 17.1 Å². The van der Waals surface area contributed by atoms with E-state index in [1.54, 1.807) is 11.8 Å². The van der Waals surface area contributed by atoms with Gasteiger partial charge in [0.15, 0.2) is 0 Å². The summed E-state index contributed by atoms with van der Waals surface area (Å²) in [6.45, 7) is 20.0. The molecule has 0 bridgehead atoms. The highest BCUT2D eigenvalue weighted by Gasteiger charge is 2.35. The van der Waals surface area contributed by atoms with Gasteiger partial charge in [0.05, 0.1) is 17.7 Å². The molecule has 226 valence electrons. The molecule has 7 nitrogen and oxygen atoms in total. The van der Waals surface area contributed by atoms with Gasteiger partial charge in [-0.2, -0.15) is 23.5 Å². The van der Waals surface area contributed by atoms with Crippen molar-refractivity contribution in [2.45, 2.75) is 135 Å². The Kier molecular flexibility index (Phi) is 14.2. The van der Waals surface area contributed by atoms with E-state index in [1.807, 2.05) is 60.2 Å². The van der Waals surface area contributed by atoms with Crippen LogP contribution in [0.3, 0.4) is 0 Å². The molecular weight excluding hydrogens is 532 g/mol. The van der Waals surface area contributed by atoms with Crippen molar-refractivity contribution in [3.63, 3.8) is 0 Å². The summed E-state index contributed by atoms with van der Waals surface area (Å²) in [7, 11) is 0. The maximum atomic E-state index is 13.0. The van der Waals surface area contributed by atoms with Gasteiger partial charge in [-0.3, -0.25) is 9.59 Å². The molecule has 0 saturated heterocycles. The van der Waals surface area contributed by atoms with Crippen LogP contribution in [0.2, 0.25) is 0 Å². The van der Waals surface area contributed by atoms with Crippen molar-refractivity contribution in [2.24, 2.45) is 10.8 Å². The third-order valence-electron chi connectivity index (χ3n) is 7.02. The summed E-state index contributed by atoms with van der Waals surface area (Å²) in [6.07, 6.45) is 5.60. The van der Waals surface area contributed by atoms with Crippen molar-refractivity contribution in [3.05, 3.63) is 0 Å². The Morgan fingerprint density at radius 1 is 0.846 bits per heavy atom. The highest BCUT2D eigenvalue weighted by Crippen LogP contribution is 2.40. The lowest BCUT2D eigenvalue weighted by molar-refractivity contribution is -0.133. The predicted molar refractivity (Wildman–Crippen MR) is 165 cm³/mol. The Labute approximate surface area is 245 Å². The molecule has 1 aliphatic rings. The van der Waals surface area contributed by atoms with Gasteiger partial charge in [-0.15, -0.1) is 0 Å². The highest BCUT2D eigenvalue weighted by molar-refractivity contribution is 8.04. The zero-order valence-electron chi connectivity index (χ0n) is 26.0. The largest absolute Gasteiger partial charge is 0.376 e. The molecule has 0 aromatic carbocycles. The van der Waals surface area contributed by atoms with Crippen molar-refractivity contribution in [1.82, 2.24) is 10.6 Å². The molecule has 9 heteroatoms. The van der Waals surface area contributed by atoms with Crippen LogP contribution in [0.5, 0.6) is 0 Å². The van der Waals surface area contributed by atoms with Gasteiger partial charge in [0.25, 0.3) is 0 Å². The van der Waals surface area contributed by atoms with E-state index in [0.717, 1.165) is 31.2 Å². The number of aldehydes is 2. The minimum absolute atomic E-state index is 0.113. The Bertz CT molecular complexity index is 817. The molecule has 1 rings (SSSR count). The van der Waals surface area contributed by atoms with Crippen LogP contribution < -0.4 is 10.6 Å². The fourth-order valence-corrected chi connectivity index (χ4v) is 6.99. The lowest BCUT2D eigenvalue weighted by Gasteiger charge is -2.37. The molecular formula is C30H54N2O5S2. The fourth-order valence-electron chi connectivity index (χ4n) is 3.98. The molecule has 0 aliphatic heterocycles. The molecule has 4 atom stereocenters. The van der Waals surface area contributed by atoms with E-state index in [2.05, 4.69) is 31.4 Å². The standard InChI is InChI=1S/C30H54N2O5S2/c1-27(2,3)25(35)13-14-30(9,10)37-16-15-29(7,8)26(36)31-21(17-33)19-38-23-11-12-24(23)39-20-22(18-34)32-28(4,5)6/h17-18,21-24,32H,11-16,19-20H2,1-10H3,(H,31,36).